The van der Waals surface area contributed by atoms with Crippen molar-refractivity contribution in [3.8, 4) is 0 Å². The van der Waals surface area contributed by atoms with Gasteiger partial charge in [-0.05, 0) is 25.1 Å². The Balaban J connectivity index is 2.24. The first kappa shape index (κ1) is 11.9. The maximum Gasteiger partial charge on any atom is 0.256 e. The van der Waals surface area contributed by atoms with Crippen molar-refractivity contribution >= 4 is 17.3 Å². The molecule has 2 aromatic rings. The van der Waals surface area contributed by atoms with E-state index in [4.69, 9.17) is 5.73 Å². The molecule has 1 amide bonds. The molecule has 96 valence electrons. The van der Waals surface area contributed by atoms with Crippen molar-refractivity contribution in [2.24, 2.45) is 5.73 Å². The van der Waals surface area contributed by atoms with Gasteiger partial charge in [0.15, 0.2) is 0 Å². The van der Waals surface area contributed by atoms with Crippen molar-refractivity contribution in [1.29, 1.82) is 0 Å². The van der Waals surface area contributed by atoms with Crippen molar-refractivity contribution in [3.05, 3.63) is 59.9 Å². The predicted octanol–water partition coefficient (Wildman–Crippen LogP) is 2.68. The summed E-state index contributed by atoms with van der Waals surface area (Å²) in [5.41, 5.74) is 6.55. The number of para-hydroxylation sites is 2. The highest BCUT2D eigenvalue weighted by atomic mass is 19.1. The Morgan fingerprint density at radius 3 is 2.32 bits per heavy atom. The third-order valence-electron chi connectivity index (χ3n) is 3.45. The summed E-state index contributed by atoms with van der Waals surface area (Å²) >= 11 is 0. The van der Waals surface area contributed by atoms with Crippen LogP contribution in [0.4, 0.5) is 15.8 Å². The van der Waals surface area contributed by atoms with Crippen molar-refractivity contribution in [2.75, 3.05) is 4.90 Å². The minimum absolute atomic E-state index is 0.231. The van der Waals surface area contributed by atoms with Crippen LogP contribution >= 0.6 is 0 Å². The summed E-state index contributed by atoms with van der Waals surface area (Å²) in [6, 6.07) is 13.4. The van der Waals surface area contributed by atoms with Gasteiger partial charge in [0.2, 0.25) is 0 Å². The number of amides is 1. The number of carbonyl (C=O) groups is 1. The summed E-state index contributed by atoms with van der Waals surface area (Å²) in [5.74, 6) is -0.762. The van der Waals surface area contributed by atoms with Crippen LogP contribution in [0.3, 0.4) is 0 Å². The lowest BCUT2D eigenvalue weighted by molar-refractivity contribution is -0.121. The Bertz CT molecular complexity index is 667. The Kier molecular flexibility index (Phi) is 2.43. The largest absolute Gasteiger partial charge is 0.314 e. The lowest BCUT2D eigenvalue weighted by atomic mass is 9.95. The first-order valence-electron chi connectivity index (χ1n) is 6.01. The lowest BCUT2D eigenvalue weighted by Crippen LogP contribution is -2.43. The van der Waals surface area contributed by atoms with E-state index in [-0.39, 0.29) is 11.6 Å². The van der Waals surface area contributed by atoms with Gasteiger partial charge in [-0.1, -0.05) is 30.3 Å². The average Bonchev–Trinajstić information content (AvgIpc) is 2.60. The zero-order valence-corrected chi connectivity index (χ0v) is 10.4. The fourth-order valence-electron chi connectivity index (χ4n) is 2.44. The molecule has 19 heavy (non-hydrogen) atoms. The Labute approximate surface area is 110 Å². The average molecular weight is 256 g/mol. The lowest BCUT2D eigenvalue weighted by Gasteiger charge is -2.20. The van der Waals surface area contributed by atoms with E-state index in [1.165, 1.54) is 11.0 Å². The van der Waals surface area contributed by atoms with E-state index in [1.807, 2.05) is 6.07 Å². The number of fused-ring (bicyclic) bond motifs is 1. The molecule has 2 N–H and O–H groups in total. The first-order valence-corrected chi connectivity index (χ1v) is 6.01. The number of hydrogen-bond donors (Lipinski definition) is 1. The first-order chi connectivity index (χ1) is 9.03. The van der Waals surface area contributed by atoms with E-state index in [2.05, 4.69) is 0 Å². The smallest absolute Gasteiger partial charge is 0.256 e. The molecular formula is C15H13FN2O. The monoisotopic (exact) mass is 256 g/mol. The standard InChI is InChI=1S/C15H13FN2O/c1-15(17)10-6-2-4-8-12(10)18(14(15)19)13-9-5-3-7-11(13)16/h2-9H,17H2,1H3/t15-/m1/s1. The molecule has 0 aliphatic carbocycles. The van der Waals surface area contributed by atoms with Gasteiger partial charge in [0.25, 0.3) is 5.91 Å². The second kappa shape index (κ2) is 3.90. The van der Waals surface area contributed by atoms with Crippen LogP contribution in [0.1, 0.15) is 12.5 Å². The molecule has 0 saturated carbocycles. The van der Waals surface area contributed by atoms with Crippen molar-refractivity contribution in [1.82, 2.24) is 0 Å². The van der Waals surface area contributed by atoms with E-state index in [1.54, 1.807) is 43.3 Å². The molecule has 1 atom stereocenters. The Morgan fingerprint density at radius 2 is 1.63 bits per heavy atom. The van der Waals surface area contributed by atoms with Gasteiger partial charge in [-0.2, -0.15) is 0 Å². The summed E-state index contributed by atoms with van der Waals surface area (Å²) in [4.78, 5) is 13.8. The van der Waals surface area contributed by atoms with Crippen LogP contribution < -0.4 is 10.6 Å². The third kappa shape index (κ3) is 1.57. The van der Waals surface area contributed by atoms with Gasteiger partial charge in [-0.3, -0.25) is 9.69 Å². The van der Waals surface area contributed by atoms with Crippen LogP contribution in [0.2, 0.25) is 0 Å². The van der Waals surface area contributed by atoms with Crippen LogP contribution in [-0.2, 0) is 10.3 Å². The molecule has 0 aromatic heterocycles. The molecule has 0 fully saturated rings. The molecule has 1 heterocycles. The number of halogens is 1. The van der Waals surface area contributed by atoms with Gasteiger partial charge in [0, 0.05) is 5.56 Å². The molecule has 2 aromatic carbocycles. The molecule has 3 nitrogen and oxygen atoms in total. The number of anilines is 2. The molecule has 0 unspecified atom stereocenters. The fourth-order valence-corrected chi connectivity index (χ4v) is 2.44. The molecule has 1 aliphatic heterocycles. The highest BCUT2D eigenvalue weighted by Crippen LogP contribution is 2.43. The summed E-state index contributed by atoms with van der Waals surface area (Å²) in [6.07, 6.45) is 0. The zero-order valence-electron chi connectivity index (χ0n) is 10.4. The maximum absolute atomic E-state index is 13.9. The molecule has 0 radical (unpaired) electrons. The number of nitrogens with zero attached hydrogens (tertiary/aromatic N) is 1. The van der Waals surface area contributed by atoms with Crippen LogP contribution in [-0.4, -0.2) is 5.91 Å². The predicted molar refractivity (Wildman–Crippen MR) is 71.5 cm³/mol. The molecule has 4 heteroatoms. The van der Waals surface area contributed by atoms with Gasteiger partial charge in [-0.25, -0.2) is 4.39 Å². The van der Waals surface area contributed by atoms with Crippen LogP contribution in [0, 0.1) is 5.82 Å². The minimum atomic E-state index is -1.13. The highest BCUT2D eigenvalue weighted by molar-refractivity contribution is 6.12. The summed E-state index contributed by atoms with van der Waals surface area (Å²) in [7, 11) is 0. The quantitative estimate of drug-likeness (QED) is 0.852. The molecule has 3 rings (SSSR count). The van der Waals surface area contributed by atoms with Crippen molar-refractivity contribution in [3.63, 3.8) is 0 Å². The maximum atomic E-state index is 13.9. The van der Waals surface area contributed by atoms with Gasteiger partial charge in [-0.15, -0.1) is 0 Å². The number of carbonyl (C=O) groups excluding carboxylic acids is 1. The van der Waals surface area contributed by atoms with Gasteiger partial charge in [0.05, 0.1) is 11.4 Å². The van der Waals surface area contributed by atoms with Gasteiger partial charge < -0.3 is 5.73 Å². The highest BCUT2D eigenvalue weighted by Gasteiger charge is 2.45. The molecule has 0 saturated heterocycles. The van der Waals surface area contributed by atoms with E-state index in [0.717, 1.165) is 0 Å². The second-order valence-electron chi connectivity index (χ2n) is 4.81. The second-order valence-corrected chi connectivity index (χ2v) is 4.81. The Morgan fingerprint density at radius 1 is 1.05 bits per heavy atom. The van der Waals surface area contributed by atoms with Crippen molar-refractivity contribution < 1.29 is 9.18 Å². The summed E-state index contributed by atoms with van der Waals surface area (Å²) in [5, 5.41) is 0. The summed E-state index contributed by atoms with van der Waals surface area (Å²) in [6.45, 7) is 1.65. The SMILES string of the molecule is C[C@]1(N)C(=O)N(c2ccccc2F)c2ccccc21. The topological polar surface area (TPSA) is 46.3 Å². The van der Waals surface area contributed by atoms with Crippen LogP contribution in [0.5, 0.6) is 0 Å². The van der Waals surface area contributed by atoms with Crippen LogP contribution in [0.15, 0.2) is 48.5 Å². The number of benzene rings is 2. The summed E-state index contributed by atoms with van der Waals surface area (Å²) < 4.78 is 13.9. The van der Waals surface area contributed by atoms with Crippen molar-refractivity contribution in [2.45, 2.75) is 12.5 Å². The van der Waals surface area contributed by atoms with Crippen LogP contribution in [0.25, 0.3) is 0 Å². The normalized spacial score (nSPS) is 21.6. The number of nitrogens with two attached hydrogens (primary N) is 1. The van der Waals surface area contributed by atoms with E-state index in [0.29, 0.717) is 11.3 Å². The van der Waals surface area contributed by atoms with Gasteiger partial charge in [0.1, 0.15) is 11.4 Å². The van der Waals surface area contributed by atoms with Gasteiger partial charge >= 0.3 is 0 Å². The fraction of sp³-hybridized carbons (Fsp3) is 0.133. The number of hydrogen-bond acceptors (Lipinski definition) is 2. The van der Waals surface area contributed by atoms with E-state index < -0.39 is 11.4 Å². The minimum Gasteiger partial charge on any atom is -0.314 e. The molecule has 0 bridgehead atoms. The zero-order chi connectivity index (χ0) is 13.6. The molecule has 0 spiro atoms. The van der Waals surface area contributed by atoms with E-state index in [9.17, 15) is 9.18 Å². The number of rotatable bonds is 1. The molecular weight excluding hydrogens is 243 g/mol. The third-order valence-corrected chi connectivity index (χ3v) is 3.45. The molecule has 1 aliphatic rings. The Hall–Kier alpha value is -2.20. The van der Waals surface area contributed by atoms with E-state index >= 15 is 0 Å².